The van der Waals surface area contributed by atoms with Crippen LogP contribution in [0.5, 0.6) is 0 Å². The molecule has 2 aliphatic rings. The number of alkyl carbamates (subject to hydrolysis) is 1. The van der Waals surface area contributed by atoms with Gasteiger partial charge >= 0.3 is 6.09 Å². The van der Waals surface area contributed by atoms with Crippen molar-refractivity contribution < 1.29 is 14.3 Å². The molecule has 0 radical (unpaired) electrons. The van der Waals surface area contributed by atoms with Gasteiger partial charge in [-0.25, -0.2) is 9.78 Å². The van der Waals surface area contributed by atoms with Gasteiger partial charge in [0.05, 0.1) is 18.1 Å². The van der Waals surface area contributed by atoms with Gasteiger partial charge in [-0.3, -0.25) is 9.69 Å². The molecule has 1 aromatic rings. The van der Waals surface area contributed by atoms with Crippen molar-refractivity contribution in [2.24, 2.45) is 0 Å². The van der Waals surface area contributed by atoms with Crippen LogP contribution in [0.25, 0.3) is 0 Å². The Hall–Kier alpha value is -1.86. The predicted octanol–water partition coefficient (Wildman–Crippen LogP) is 1.25. The zero-order chi connectivity index (χ0) is 15.6. The number of aromatic nitrogens is 1. The summed E-state index contributed by atoms with van der Waals surface area (Å²) in [6.07, 6.45) is 2.61. The molecule has 0 saturated carbocycles. The number of halogens is 1. The van der Waals surface area contributed by atoms with Crippen molar-refractivity contribution in [3.63, 3.8) is 0 Å². The first-order chi connectivity index (χ1) is 10.5. The Kier molecular flexibility index (Phi) is 4.17. The minimum Gasteiger partial charge on any atom is -0.441 e. The number of anilines is 1. The lowest BCUT2D eigenvalue weighted by atomic mass is 9.92. The Balaban J connectivity index is 1.47. The van der Waals surface area contributed by atoms with Crippen LogP contribution in [0.1, 0.15) is 12.8 Å². The highest BCUT2D eigenvalue weighted by Crippen LogP contribution is 2.29. The largest absolute Gasteiger partial charge is 0.441 e. The van der Waals surface area contributed by atoms with Gasteiger partial charge in [-0.05, 0) is 12.1 Å². The van der Waals surface area contributed by atoms with E-state index in [9.17, 15) is 9.59 Å². The van der Waals surface area contributed by atoms with Crippen LogP contribution in [0.15, 0.2) is 18.3 Å². The maximum atomic E-state index is 12.0. The van der Waals surface area contributed by atoms with Gasteiger partial charge in [0.2, 0.25) is 5.91 Å². The van der Waals surface area contributed by atoms with Gasteiger partial charge in [0.15, 0.2) is 0 Å². The van der Waals surface area contributed by atoms with E-state index in [4.69, 9.17) is 16.3 Å². The van der Waals surface area contributed by atoms with E-state index in [1.54, 1.807) is 12.1 Å². The normalized spacial score (nSPS) is 20.5. The number of likely N-dealkylation sites (tertiary alicyclic amines) is 1. The van der Waals surface area contributed by atoms with Crippen LogP contribution in [0, 0.1) is 0 Å². The van der Waals surface area contributed by atoms with Crippen LogP contribution in [0.4, 0.5) is 10.6 Å². The molecular weight excluding hydrogens is 308 g/mol. The second-order valence-electron chi connectivity index (χ2n) is 5.61. The molecule has 118 valence electrons. The summed E-state index contributed by atoms with van der Waals surface area (Å²) in [7, 11) is 0. The Bertz CT molecular complexity index is 570. The van der Waals surface area contributed by atoms with Crippen molar-refractivity contribution in [2.45, 2.75) is 18.4 Å². The van der Waals surface area contributed by atoms with Crippen molar-refractivity contribution >= 4 is 29.4 Å². The van der Waals surface area contributed by atoms with Gasteiger partial charge in [-0.1, -0.05) is 11.6 Å². The number of hydrogen-bond acceptors (Lipinski definition) is 5. The predicted molar refractivity (Wildman–Crippen MR) is 80.8 cm³/mol. The van der Waals surface area contributed by atoms with Crippen LogP contribution in [-0.2, 0) is 9.53 Å². The molecule has 2 aliphatic heterocycles. The van der Waals surface area contributed by atoms with Gasteiger partial charge in [0.1, 0.15) is 11.4 Å². The van der Waals surface area contributed by atoms with E-state index < -0.39 is 0 Å². The van der Waals surface area contributed by atoms with E-state index in [1.807, 2.05) is 4.90 Å². The lowest BCUT2D eigenvalue weighted by Crippen LogP contribution is -2.48. The Labute approximate surface area is 133 Å². The lowest BCUT2D eigenvalue weighted by Gasteiger charge is -2.36. The van der Waals surface area contributed by atoms with Gasteiger partial charge < -0.3 is 15.4 Å². The third-order valence-corrected chi connectivity index (χ3v) is 4.22. The number of ether oxygens (including phenoxy) is 1. The molecule has 0 aromatic carbocycles. The first kappa shape index (κ1) is 15.1. The fourth-order valence-electron chi connectivity index (χ4n) is 2.73. The van der Waals surface area contributed by atoms with Crippen molar-refractivity contribution in [1.82, 2.24) is 15.2 Å². The summed E-state index contributed by atoms with van der Waals surface area (Å²) in [5, 5.41) is 5.96. The standard InChI is InChI=1S/C14H17ClN4O3/c15-10-1-2-11(16-7-10)18-12(20)8-19-5-3-14(4-6-19)9-17-13(21)22-14/h1-2,7H,3-6,8-9H2,(H,17,21)(H,16,18,20). The quantitative estimate of drug-likeness (QED) is 0.874. The zero-order valence-corrected chi connectivity index (χ0v) is 12.7. The zero-order valence-electron chi connectivity index (χ0n) is 12.0. The number of nitrogens with zero attached hydrogens (tertiary/aromatic N) is 2. The molecule has 2 fully saturated rings. The monoisotopic (exact) mass is 324 g/mol. The van der Waals surface area contributed by atoms with E-state index in [2.05, 4.69) is 15.6 Å². The molecule has 0 aliphatic carbocycles. The molecule has 3 rings (SSSR count). The number of nitrogens with one attached hydrogen (secondary N) is 2. The van der Waals surface area contributed by atoms with Gasteiger partial charge in [-0.15, -0.1) is 0 Å². The second-order valence-corrected chi connectivity index (χ2v) is 6.05. The van der Waals surface area contributed by atoms with Gasteiger partial charge in [0, 0.05) is 32.1 Å². The van der Waals surface area contributed by atoms with Crippen molar-refractivity contribution in [1.29, 1.82) is 0 Å². The summed E-state index contributed by atoms with van der Waals surface area (Å²) in [6, 6.07) is 3.34. The SMILES string of the molecule is O=C(CN1CCC2(CC1)CNC(=O)O2)Nc1ccc(Cl)cn1. The second kappa shape index (κ2) is 6.10. The van der Waals surface area contributed by atoms with Crippen LogP contribution in [0.2, 0.25) is 5.02 Å². The van der Waals surface area contributed by atoms with Crippen LogP contribution < -0.4 is 10.6 Å². The molecule has 8 heteroatoms. The topological polar surface area (TPSA) is 83.6 Å². The molecule has 1 spiro atoms. The number of rotatable bonds is 3. The molecule has 0 atom stereocenters. The fraction of sp³-hybridized carbons (Fsp3) is 0.500. The highest BCUT2D eigenvalue weighted by molar-refractivity contribution is 6.30. The van der Waals surface area contributed by atoms with Crippen molar-refractivity contribution in [3.05, 3.63) is 23.4 Å². The third kappa shape index (κ3) is 3.48. The molecule has 2 N–H and O–H groups in total. The molecular formula is C14H17ClN4O3. The molecule has 0 bridgehead atoms. The van der Waals surface area contributed by atoms with E-state index in [1.165, 1.54) is 6.20 Å². The average Bonchev–Trinajstić information content (AvgIpc) is 2.85. The smallest absolute Gasteiger partial charge is 0.407 e. The van der Waals surface area contributed by atoms with Gasteiger partial charge in [-0.2, -0.15) is 0 Å². The fourth-order valence-corrected chi connectivity index (χ4v) is 2.85. The number of piperidine rings is 1. The Morgan fingerprint density at radius 1 is 1.45 bits per heavy atom. The summed E-state index contributed by atoms with van der Waals surface area (Å²) in [5.41, 5.74) is -0.387. The molecule has 3 heterocycles. The number of amides is 2. The highest BCUT2D eigenvalue weighted by atomic mass is 35.5. The molecule has 2 amide bonds. The third-order valence-electron chi connectivity index (χ3n) is 3.99. The Morgan fingerprint density at radius 3 is 2.82 bits per heavy atom. The molecule has 22 heavy (non-hydrogen) atoms. The molecule has 2 saturated heterocycles. The van der Waals surface area contributed by atoms with E-state index in [0.29, 0.717) is 23.9 Å². The van der Waals surface area contributed by atoms with Crippen LogP contribution in [-0.4, -0.2) is 53.7 Å². The van der Waals surface area contributed by atoms with E-state index in [0.717, 1.165) is 25.9 Å². The number of pyridine rings is 1. The summed E-state index contributed by atoms with van der Waals surface area (Å²) in [4.78, 5) is 29.3. The van der Waals surface area contributed by atoms with Crippen molar-refractivity contribution in [3.8, 4) is 0 Å². The highest BCUT2D eigenvalue weighted by Gasteiger charge is 2.42. The Morgan fingerprint density at radius 2 is 2.23 bits per heavy atom. The summed E-state index contributed by atoms with van der Waals surface area (Å²) < 4.78 is 5.35. The maximum absolute atomic E-state index is 12.0. The van der Waals surface area contributed by atoms with Gasteiger partial charge in [0.25, 0.3) is 0 Å². The summed E-state index contributed by atoms with van der Waals surface area (Å²) >= 11 is 5.75. The minimum atomic E-state index is -0.387. The average molecular weight is 325 g/mol. The van der Waals surface area contributed by atoms with E-state index >= 15 is 0 Å². The maximum Gasteiger partial charge on any atom is 0.407 e. The first-order valence-corrected chi connectivity index (χ1v) is 7.53. The summed E-state index contributed by atoms with van der Waals surface area (Å²) in [6.45, 7) is 2.29. The number of carbonyl (C=O) groups excluding carboxylic acids is 2. The number of carbonyl (C=O) groups is 2. The van der Waals surface area contributed by atoms with Crippen LogP contribution >= 0.6 is 11.6 Å². The molecule has 1 aromatic heterocycles. The molecule has 0 unspecified atom stereocenters. The van der Waals surface area contributed by atoms with E-state index in [-0.39, 0.29) is 17.6 Å². The van der Waals surface area contributed by atoms with Crippen molar-refractivity contribution in [2.75, 3.05) is 31.5 Å². The lowest BCUT2D eigenvalue weighted by molar-refractivity contribution is -0.118. The number of hydrogen-bond donors (Lipinski definition) is 2. The molecule has 7 nitrogen and oxygen atoms in total. The first-order valence-electron chi connectivity index (χ1n) is 7.15. The summed E-state index contributed by atoms with van der Waals surface area (Å²) in [5.74, 6) is 0.365. The minimum absolute atomic E-state index is 0.118. The van der Waals surface area contributed by atoms with Crippen LogP contribution in [0.3, 0.4) is 0 Å².